The molecule has 1 amide bonds. The molecule has 6 heteroatoms. The molecule has 1 atom stereocenters. The van der Waals surface area contributed by atoms with Crippen LogP contribution in [0.5, 0.6) is 0 Å². The zero-order valence-electron chi connectivity index (χ0n) is 13.2. The van der Waals surface area contributed by atoms with Gasteiger partial charge < -0.3 is 10.6 Å². The van der Waals surface area contributed by atoms with E-state index in [4.69, 9.17) is 5.73 Å². The third-order valence-corrected chi connectivity index (χ3v) is 4.34. The Morgan fingerprint density at radius 3 is 2.67 bits per heavy atom. The number of nitrogens with two attached hydrogens (primary N) is 1. The highest BCUT2D eigenvalue weighted by Crippen LogP contribution is 2.24. The van der Waals surface area contributed by atoms with Crippen molar-refractivity contribution in [3.8, 4) is 0 Å². The lowest BCUT2D eigenvalue weighted by Crippen LogP contribution is -2.46. The van der Waals surface area contributed by atoms with Crippen LogP contribution in [0.3, 0.4) is 0 Å². The lowest BCUT2D eigenvalue weighted by atomic mass is 9.97. The van der Waals surface area contributed by atoms with Crippen molar-refractivity contribution in [1.82, 2.24) is 4.90 Å². The number of non-ortho nitro benzene ring substituents is 1. The zero-order chi connectivity index (χ0) is 17.1. The molecular formula is C18H19N3O3. The Hall–Kier alpha value is -2.73. The molecule has 0 spiro atoms. The summed E-state index contributed by atoms with van der Waals surface area (Å²) in [6.07, 6.45) is 1.18. The van der Waals surface area contributed by atoms with Crippen LogP contribution in [0.1, 0.15) is 16.7 Å². The first kappa shape index (κ1) is 16.1. The number of nitrogens with zero attached hydrogens (tertiary/aromatic N) is 2. The lowest BCUT2D eigenvalue weighted by Gasteiger charge is -2.30. The Morgan fingerprint density at radius 1 is 1.21 bits per heavy atom. The van der Waals surface area contributed by atoms with E-state index < -0.39 is 11.0 Å². The second-order valence-corrected chi connectivity index (χ2v) is 6.02. The molecule has 3 rings (SSSR count). The molecule has 2 N–H and O–H groups in total. The number of nitro benzene ring substituents is 1. The van der Waals surface area contributed by atoms with Crippen molar-refractivity contribution in [3.63, 3.8) is 0 Å². The Labute approximate surface area is 140 Å². The van der Waals surface area contributed by atoms with Gasteiger partial charge in [0.1, 0.15) is 0 Å². The van der Waals surface area contributed by atoms with Gasteiger partial charge in [-0.1, -0.05) is 36.4 Å². The van der Waals surface area contributed by atoms with Crippen LogP contribution in [-0.4, -0.2) is 28.3 Å². The first-order valence-corrected chi connectivity index (χ1v) is 7.89. The number of nitro groups is 1. The van der Waals surface area contributed by atoms with E-state index in [0.717, 1.165) is 16.7 Å². The van der Waals surface area contributed by atoms with Gasteiger partial charge in [0.15, 0.2) is 0 Å². The summed E-state index contributed by atoms with van der Waals surface area (Å²) in [5.41, 5.74) is 9.04. The molecule has 1 heterocycles. The van der Waals surface area contributed by atoms with Crippen LogP contribution in [0.4, 0.5) is 5.69 Å². The fraction of sp³-hybridized carbons (Fsp3) is 0.278. The smallest absolute Gasteiger partial charge is 0.269 e. The van der Waals surface area contributed by atoms with Crippen LogP contribution in [-0.2, 0) is 24.2 Å². The Morgan fingerprint density at radius 2 is 1.96 bits per heavy atom. The van der Waals surface area contributed by atoms with Gasteiger partial charge in [-0.05, 0) is 29.5 Å². The van der Waals surface area contributed by atoms with Gasteiger partial charge in [0.2, 0.25) is 5.91 Å². The van der Waals surface area contributed by atoms with E-state index in [0.29, 0.717) is 25.9 Å². The van der Waals surface area contributed by atoms with Crippen LogP contribution >= 0.6 is 0 Å². The predicted molar refractivity (Wildman–Crippen MR) is 90.3 cm³/mol. The van der Waals surface area contributed by atoms with E-state index >= 15 is 0 Å². The van der Waals surface area contributed by atoms with Crippen molar-refractivity contribution in [2.24, 2.45) is 5.73 Å². The molecule has 0 fully saturated rings. The highest BCUT2D eigenvalue weighted by Gasteiger charge is 2.26. The van der Waals surface area contributed by atoms with Crippen molar-refractivity contribution in [2.75, 3.05) is 6.54 Å². The molecular weight excluding hydrogens is 306 g/mol. The summed E-state index contributed by atoms with van der Waals surface area (Å²) in [5, 5.41) is 10.9. The summed E-state index contributed by atoms with van der Waals surface area (Å²) in [6, 6.07) is 13.9. The second-order valence-electron chi connectivity index (χ2n) is 6.02. The quantitative estimate of drug-likeness (QED) is 0.688. The lowest BCUT2D eigenvalue weighted by molar-refractivity contribution is -0.385. The second kappa shape index (κ2) is 6.80. The molecule has 2 aromatic rings. The minimum Gasteiger partial charge on any atom is -0.337 e. The molecule has 24 heavy (non-hydrogen) atoms. The molecule has 0 saturated carbocycles. The Bertz CT molecular complexity index is 761. The fourth-order valence-corrected chi connectivity index (χ4v) is 3.04. The van der Waals surface area contributed by atoms with Gasteiger partial charge in [-0.2, -0.15) is 0 Å². The normalized spacial score (nSPS) is 14.8. The van der Waals surface area contributed by atoms with Gasteiger partial charge in [0.05, 0.1) is 11.0 Å². The average molecular weight is 325 g/mol. The van der Waals surface area contributed by atoms with Crippen molar-refractivity contribution in [1.29, 1.82) is 0 Å². The number of amides is 1. The summed E-state index contributed by atoms with van der Waals surface area (Å²) in [5.74, 6) is -0.115. The minimum absolute atomic E-state index is 0.0524. The molecule has 0 radical (unpaired) electrons. The van der Waals surface area contributed by atoms with Crippen LogP contribution < -0.4 is 5.73 Å². The molecule has 1 aliphatic heterocycles. The molecule has 6 nitrogen and oxygen atoms in total. The van der Waals surface area contributed by atoms with E-state index in [9.17, 15) is 14.9 Å². The maximum absolute atomic E-state index is 12.6. The van der Waals surface area contributed by atoms with Crippen LogP contribution in [0, 0.1) is 10.1 Å². The number of rotatable bonds is 4. The third-order valence-electron chi connectivity index (χ3n) is 4.34. The molecule has 0 unspecified atom stereocenters. The summed E-state index contributed by atoms with van der Waals surface area (Å²) in [7, 11) is 0. The zero-order valence-corrected chi connectivity index (χ0v) is 13.2. The summed E-state index contributed by atoms with van der Waals surface area (Å²) in [6.45, 7) is 0.963. The van der Waals surface area contributed by atoms with Crippen molar-refractivity contribution >= 4 is 11.6 Å². The maximum Gasteiger partial charge on any atom is 0.269 e. The standard InChI is InChI=1S/C18H19N3O3/c19-17(10-13-4-2-1-3-5-13)18(22)20-9-8-14-6-7-16(21(23)24)11-15(14)12-20/h1-7,11,17H,8-10,12,19H2/t17-/m0/s1. The monoisotopic (exact) mass is 325 g/mol. The van der Waals surface area contributed by atoms with Gasteiger partial charge in [-0.3, -0.25) is 14.9 Å². The number of hydrogen-bond acceptors (Lipinski definition) is 4. The number of carbonyl (C=O) groups excluding carboxylic acids is 1. The maximum atomic E-state index is 12.6. The van der Waals surface area contributed by atoms with E-state index in [-0.39, 0.29) is 11.6 Å². The SMILES string of the molecule is N[C@@H](Cc1ccccc1)C(=O)N1CCc2ccc([N+](=O)[O-])cc2C1. The average Bonchev–Trinajstić information content (AvgIpc) is 2.60. The number of carbonyl (C=O) groups is 1. The summed E-state index contributed by atoms with van der Waals surface area (Å²) >= 11 is 0. The molecule has 2 aromatic carbocycles. The molecule has 0 bridgehead atoms. The highest BCUT2D eigenvalue weighted by atomic mass is 16.6. The first-order chi connectivity index (χ1) is 11.5. The topological polar surface area (TPSA) is 89.5 Å². The molecule has 0 aliphatic carbocycles. The summed E-state index contributed by atoms with van der Waals surface area (Å²) in [4.78, 5) is 24.8. The predicted octanol–water partition coefficient (Wildman–Crippen LogP) is 2.05. The molecule has 124 valence electrons. The van der Waals surface area contributed by atoms with Gasteiger partial charge in [-0.25, -0.2) is 0 Å². The van der Waals surface area contributed by atoms with Crippen molar-refractivity contribution in [3.05, 3.63) is 75.3 Å². The van der Waals surface area contributed by atoms with Crippen LogP contribution in [0.15, 0.2) is 48.5 Å². The molecule has 0 saturated heterocycles. The Balaban J connectivity index is 1.71. The first-order valence-electron chi connectivity index (χ1n) is 7.89. The van der Waals surface area contributed by atoms with E-state index in [1.165, 1.54) is 6.07 Å². The largest absolute Gasteiger partial charge is 0.337 e. The summed E-state index contributed by atoms with van der Waals surface area (Å²) < 4.78 is 0. The van der Waals surface area contributed by atoms with Gasteiger partial charge >= 0.3 is 0 Å². The number of fused-ring (bicyclic) bond motifs is 1. The van der Waals surface area contributed by atoms with E-state index in [1.54, 1.807) is 17.0 Å². The molecule has 1 aliphatic rings. The van der Waals surface area contributed by atoms with E-state index in [2.05, 4.69) is 0 Å². The highest BCUT2D eigenvalue weighted by molar-refractivity contribution is 5.82. The number of hydrogen-bond donors (Lipinski definition) is 1. The van der Waals surface area contributed by atoms with Crippen molar-refractivity contribution < 1.29 is 9.72 Å². The van der Waals surface area contributed by atoms with Gasteiger partial charge in [0, 0.05) is 25.2 Å². The van der Waals surface area contributed by atoms with Gasteiger partial charge in [-0.15, -0.1) is 0 Å². The van der Waals surface area contributed by atoms with Crippen molar-refractivity contribution in [2.45, 2.75) is 25.4 Å². The minimum atomic E-state index is -0.604. The van der Waals surface area contributed by atoms with E-state index in [1.807, 2.05) is 30.3 Å². The van der Waals surface area contributed by atoms with Gasteiger partial charge in [0.25, 0.3) is 5.69 Å². The number of benzene rings is 2. The molecule has 0 aromatic heterocycles. The van der Waals surface area contributed by atoms with Crippen LogP contribution in [0.25, 0.3) is 0 Å². The third kappa shape index (κ3) is 3.44. The Kier molecular flexibility index (Phi) is 4.57. The van der Waals surface area contributed by atoms with Crippen LogP contribution in [0.2, 0.25) is 0 Å². The fourth-order valence-electron chi connectivity index (χ4n) is 3.04.